The number of nitrogens with two attached hydrogens (primary N) is 2. The van der Waals surface area contributed by atoms with Crippen LogP contribution < -0.4 is 15.6 Å². The Labute approximate surface area is 112 Å². The lowest BCUT2D eigenvalue weighted by atomic mass is 10.5. The van der Waals surface area contributed by atoms with E-state index in [0.717, 1.165) is 0 Å². The first-order chi connectivity index (χ1) is 8.54. The number of nitrogen functional groups attached to an aromatic ring is 1. The summed E-state index contributed by atoms with van der Waals surface area (Å²) in [5, 5.41) is 8.61. The molecule has 1 rings (SSSR count). The number of hydrogen-bond donors (Lipinski definition) is 3. The molecule has 0 saturated carbocycles. The van der Waals surface area contributed by atoms with Crippen molar-refractivity contribution in [1.82, 2.24) is 14.5 Å². The molecule has 0 amide bonds. The van der Waals surface area contributed by atoms with E-state index in [4.69, 9.17) is 10.9 Å². The first kappa shape index (κ1) is 15.9. The third kappa shape index (κ3) is 4.16. The molecular formula is C8H17N5O4S2. The van der Waals surface area contributed by atoms with Crippen LogP contribution in [0.2, 0.25) is 0 Å². The molecule has 5 N–H and O–H groups in total. The highest BCUT2D eigenvalue weighted by Crippen LogP contribution is 2.20. The molecule has 0 aliphatic rings. The van der Waals surface area contributed by atoms with E-state index in [2.05, 4.69) is 9.82 Å². The summed E-state index contributed by atoms with van der Waals surface area (Å²) in [4.78, 5) is -0.0920. The highest BCUT2D eigenvalue weighted by molar-refractivity contribution is 7.89. The number of nitrogens with zero attached hydrogens (tertiary/aromatic N) is 2. The van der Waals surface area contributed by atoms with Crippen LogP contribution in [0.25, 0.3) is 0 Å². The maximum absolute atomic E-state index is 12.0. The largest absolute Gasteiger partial charge is 0.381 e. The number of hydrogen-bond acceptors (Lipinski definition) is 6. The fraction of sp³-hybridized carbons (Fsp3) is 0.625. The summed E-state index contributed by atoms with van der Waals surface area (Å²) in [7, 11) is -5.83. The lowest BCUT2D eigenvalue weighted by molar-refractivity contribution is 0.576. The van der Waals surface area contributed by atoms with Gasteiger partial charge in [0, 0.05) is 13.6 Å². The van der Waals surface area contributed by atoms with Gasteiger partial charge in [0.1, 0.15) is 4.90 Å². The van der Waals surface area contributed by atoms with E-state index in [1.807, 2.05) is 0 Å². The normalized spacial score (nSPS) is 12.8. The molecule has 0 aliphatic heterocycles. The van der Waals surface area contributed by atoms with Crippen LogP contribution in [0.4, 0.5) is 5.82 Å². The van der Waals surface area contributed by atoms with Crippen molar-refractivity contribution < 1.29 is 16.8 Å². The van der Waals surface area contributed by atoms with Crippen LogP contribution in [0.5, 0.6) is 0 Å². The van der Waals surface area contributed by atoms with Crippen LogP contribution in [-0.4, -0.2) is 38.9 Å². The highest BCUT2D eigenvalue weighted by atomic mass is 32.2. The van der Waals surface area contributed by atoms with E-state index < -0.39 is 20.0 Å². The van der Waals surface area contributed by atoms with E-state index in [9.17, 15) is 16.8 Å². The molecule has 0 aromatic carbocycles. The van der Waals surface area contributed by atoms with Gasteiger partial charge in [0.2, 0.25) is 20.0 Å². The van der Waals surface area contributed by atoms with Gasteiger partial charge in [0.05, 0.1) is 11.4 Å². The number of nitrogens with one attached hydrogen (secondary N) is 1. The number of sulfonamides is 2. The fourth-order valence-corrected chi connectivity index (χ4v) is 3.44. The topological polar surface area (TPSA) is 150 Å². The summed E-state index contributed by atoms with van der Waals surface area (Å²) in [6.07, 6.45) is 0.0806. The van der Waals surface area contributed by atoms with E-state index in [1.165, 1.54) is 4.68 Å². The van der Waals surface area contributed by atoms with Gasteiger partial charge in [0.25, 0.3) is 0 Å². The van der Waals surface area contributed by atoms with Crippen molar-refractivity contribution >= 4 is 25.9 Å². The first-order valence-electron chi connectivity index (χ1n) is 5.34. The van der Waals surface area contributed by atoms with Gasteiger partial charge in [-0.2, -0.15) is 5.10 Å². The molecule has 1 heterocycles. The van der Waals surface area contributed by atoms with Gasteiger partial charge >= 0.3 is 0 Å². The molecule has 11 heteroatoms. The average Bonchev–Trinajstić information content (AvgIpc) is 2.47. The summed E-state index contributed by atoms with van der Waals surface area (Å²) in [5.41, 5.74) is 5.93. The SMILES string of the molecule is Cc1c(S(=O)(=O)NCCCS(N)(=O)=O)c(N)nn1C. The summed E-state index contributed by atoms with van der Waals surface area (Å²) in [5.74, 6) is -0.393. The van der Waals surface area contributed by atoms with E-state index in [-0.39, 0.29) is 29.4 Å². The van der Waals surface area contributed by atoms with Gasteiger partial charge < -0.3 is 5.73 Å². The molecule has 0 radical (unpaired) electrons. The Morgan fingerprint density at radius 2 is 1.89 bits per heavy atom. The zero-order valence-corrected chi connectivity index (χ0v) is 12.3. The van der Waals surface area contributed by atoms with Gasteiger partial charge in [-0.3, -0.25) is 4.68 Å². The summed E-state index contributed by atoms with van der Waals surface area (Å²) in [6, 6.07) is 0. The summed E-state index contributed by atoms with van der Waals surface area (Å²) >= 11 is 0. The zero-order chi connectivity index (χ0) is 14.8. The van der Waals surface area contributed by atoms with Crippen molar-refractivity contribution in [2.24, 2.45) is 12.2 Å². The maximum atomic E-state index is 12.0. The van der Waals surface area contributed by atoms with Crippen LogP contribution >= 0.6 is 0 Å². The smallest absolute Gasteiger partial charge is 0.246 e. The molecule has 1 aromatic heterocycles. The molecule has 0 fully saturated rings. The minimum atomic E-state index is -3.81. The number of anilines is 1. The summed E-state index contributed by atoms with van der Waals surface area (Å²) < 4.78 is 49.0. The lowest BCUT2D eigenvalue weighted by Gasteiger charge is -2.06. The van der Waals surface area contributed by atoms with E-state index in [0.29, 0.717) is 5.69 Å². The molecule has 9 nitrogen and oxygen atoms in total. The molecule has 0 unspecified atom stereocenters. The van der Waals surface area contributed by atoms with Gasteiger partial charge in [-0.1, -0.05) is 0 Å². The standard InChI is InChI=1S/C8H17N5O4S2/c1-6-7(8(9)12-13(6)2)19(16,17)11-4-3-5-18(10,14)15/h11H,3-5H2,1-2H3,(H2,9,12)(H2,10,14,15). The molecule has 1 aromatic rings. The Kier molecular flexibility index (Phi) is 4.55. The predicted octanol–water partition coefficient (Wildman–Crippen LogP) is -1.73. The third-order valence-corrected chi connectivity index (χ3v) is 4.95. The molecule has 19 heavy (non-hydrogen) atoms. The molecule has 0 aliphatic carbocycles. The Morgan fingerprint density at radius 3 is 2.32 bits per heavy atom. The predicted molar refractivity (Wildman–Crippen MR) is 70.1 cm³/mol. The quantitative estimate of drug-likeness (QED) is 0.531. The third-order valence-electron chi connectivity index (χ3n) is 2.47. The Hall–Kier alpha value is -1.17. The second-order valence-corrected chi connectivity index (χ2v) is 7.48. The van der Waals surface area contributed by atoms with Crippen LogP contribution in [-0.2, 0) is 27.1 Å². The summed E-state index contributed by atoms with van der Waals surface area (Å²) in [6.45, 7) is 1.52. The van der Waals surface area contributed by atoms with Gasteiger partial charge in [-0.05, 0) is 13.3 Å². The number of aromatic nitrogens is 2. The highest BCUT2D eigenvalue weighted by Gasteiger charge is 2.24. The number of rotatable bonds is 6. The Bertz CT molecular complexity index is 662. The molecule has 0 spiro atoms. The van der Waals surface area contributed by atoms with Crippen LogP contribution in [0.3, 0.4) is 0 Å². The van der Waals surface area contributed by atoms with Crippen molar-refractivity contribution in [3.63, 3.8) is 0 Å². The van der Waals surface area contributed by atoms with Gasteiger partial charge in [-0.25, -0.2) is 26.7 Å². The monoisotopic (exact) mass is 311 g/mol. The molecule has 0 atom stereocenters. The van der Waals surface area contributed by atoms with Crippen molar-refractivity contribution in [2.75, 3.05) is 18.0 Å². The van der Waals surface area contributed by atoms with Crippen LogP contribution in [0, 0.1) is 6.92 Å². The fourth-order valence-electron chi connectivity index (χ4n) is 1.50. The van der Waals surface area contributed by atoms with E-state index in [1.54, 1.807) is 14.0 Å². The van der Waals surface area contributed by atoms with Gasteiger partial charge in [-0.15, -0.1) is 0 Å². The van der Waals surface area contributed by atoms with Crippen molar-refractivity contribution in [1.29, 1.82) is 0 Å². The lowest BCUT2D eigenvalue weighted by Crippen LogP contribution is -2.28. The Morgan fingerprint density at radius 1 is 1.32 bits per heavy atom. The number of aryl methyl sites for hydroxylation is 1. The molecule has 0 bridgehead atoms. The van der Waals surface area contributed by atoms with Gasteiger partial charge in [0.15, 0.2) is 5.82 Å². The minimum Gasteiger partial charge on any atom is -0.381 e. The average molecular weight is 311 g/mol. The second kappa shape index (κ2) is 5.45. The molecular weight excluding hydrogens is 294 g/mol. The number of primary sulfonamides is 1. The van der Waals surface area contributed by atoms with Crippen LogP contribution in [0.15, 0.2) is 4.90 Å². The van der Waals surface area contributed by atoms with Crippen molar-refractivity contribution in [3.05, 3.63) is 5.69 Å². The van der Waals surface area contributed by atoms with Crippen molar-refractivity contribution in [2.45, 2.75) is 18.2 Å². The zero-order valence-electron chi connectivity index (χ0n) is 10.6. The van der Waals surface area contributed by atoms with Crippen LogP contribution in [0.1, 0.15) is 12.1 Å². The maximum Gasteiger partial charge on any atom is 0.246 e. The molecule has 0 saturated heterocycles. The second-order valence-electron chi connectivity index (χ2n) is 4.04. The van der Waals surface area contributed by atoms with Crippen molar-refractivity contribution in [3.8, 4) is 0 Å². The first-order valence-corrected chi connectivity index (χ1v) is 8.53. The minimum absolute atomic E-state index is 0.0491. The Balaban J connectivity index is 2.77. The van der Waals surface area contributed by atoms with E-state index >= 15 is 0 Å². The molecule has 110 valence electrons.